The van der Waals surface area contributed by atoms with Crippen molar-refractivity contribution >= 4 is 11.6 Å². The summed E-state index contributed by atoms with van der Waals surface area (Å²) < 4.78 is 10.8. The van der Waals surface area contributed by atoms with Crippen LogP contribution >= 0.6 is 11.6 Å². The third-order valence-electron chi connectivity index (χ3n) is 3.12. The molecular weight excluding hydrogens is 290 g/mol. The van der Waals surface area contributed by atoms with Gasteiger partial charge in [-0.25, -0.2) is 0 Å². The lowest BCUT2D eigenvalue weighted by molar-refractivity contribution is 0.0275. The van der Waals surface area contributed by atoms with Crippen LogP contribution in [0.4, 0.5) is 0 Å². The van der Waals surface area contributed by atoms with Gasteiger partial charge < -0.3 is 19.6 Å². The summed E-state index contributed by atoms with van der Waals surface area (Å²) in [7, 11) is 0. The minimum Gasteiger partial charge on any atom is -0.468 e. The standard InChI is InChI=1S/C16H20ClNO3/c1-12(16-3-2-8-21-16)18-9-15(19)11-20-10-13-4-6-14(17)7-5-13/h2-8,12,15,18-19H,9-11H2,1H3/t12-,15?/m0/s1. The fourth-order valence-electron chi connectivity index (χ4n) is 1.90. The number of ether oxygens (including phenoxy) is 1. The lowest BCUT2D eigenvalue weighted by atomic mass is 10.2. The molecule has 1 aromatic carbocycles. The Labute approximate surface area is 129 Å². The van der Waals surface area contributed by atoms with Crippen molar-refractivity contribution in [2.75, 3.05) is 13.2 Å². The van der Waals surface area contributed by atoms with E-state index in [0.717, 1.165) is 11.3 Å². The van der Waals surface area contributed by atoms with Gasteiger partial charge in [0.1, 0.15) is 5.76 Å². The zero-order valence-corrected chi connectivity index (χ0v) is 12.7. The molecule has 2 rings (SSSR count). The molecule has 0 bridgehead atoms. The zero-order chi connectivity index (χ0) is 15.1. The minimum atomic E-state index is -0.560. The maximum Gasteiger partial charge on any atom is 0.120 e. The highest BCUT2D eigenvalue weighted by molar-refractivity contribution is 6.30. The van der Waals surface area contributed by atoms with E-state index >= 15 is 0 Å². The quantitative estimate of drug-likeness (QED) is 0.786. The van der Waals surface area contributed by atoms with Crippen molar-refractivity contribution in [1.82, 2.24) is 5.32 Å². The SMILES string of the molecule is C[C@H](NCC(O)COCc1ccc(Cl)cc1)c1ccco1. The van der Waals surface area contributed by atoms with E-state index in [0.29, 0.717) is 18.2 Å². The highest BCUT2D eigenvalue weighted by Gasteiger charge is 2.10. The topological polar surface area (TPSA) is 54.6 Å². The highest BCUT2D eigenvalue weighted by Crippen LogP contribution is 2.12. The molecule has 0 saturated heterocycles. The molecule has 114 valence electrons. The number of rotatable bonds is 8. The maximum absolute atomic E-state index is 9.88. The van der Waals surface area contributed by atoms with E-state index in [9.17, 15) is 5.11 Å². The lowest BCUT2D eigenvalue weighted by Crippen LogP contribution is -2.32. The number of nitrogens with one attached hydrogen (secondary N) is 1. The molecule has 2 aromatic rings. The normalized spacial score (nSPS) is 14.0. The van der Waals surface area contributed by atoms with Gasteiger partial charge in [-0.3, -0.25) is 0 Å². The fourth-order valence-corrected chi connectivity index (χ4v) is 2.03. The molecule has 21 heavy (non-hydrogen) atoms. The summed E-state index contributed by atoms with van der Waals surface area (Å²) in [5, 5.41) is 13.8. The van der Waals surface area contributed by atoms with Crippen molar-refractivity contribution < 1.29 is 14.3 Å². The Morgan fingerprint density at radius 1 is 1.29 bits per heavy atom. The van der Waals surface area contributed by atoms with Crippen LogP contribution in [0.2, 0.25) is 5.02 Å². The van der Waals surface area contributed by atoms with Crippen LogP contribution < -0.4 is 5.32 Å². The third-order valence-corrected chi connectivity index (χ3v) is 3.37. The predicted octanol–water partition coefficient (Wildman–Crippen LogP) is 3.16. The second kappa shape index (κ2) is 8.20. The van der Waals surface area contributed by atoms with Crippen LogP contribution in [0.15, 0.2) is 47.1 Å². The first-order chi connectivity index (χ1) is 10.1. The van der Waals surface area contributed by atoms with Crippen molar-refractivity contribution in [2.24, 2.45) is 0 Å². The Kier molecular flexibility index (Phi) is 6.26. The van der Waals surface area contributed by atoms with Crippen molar-refractivity contribution in [3.05, 3.63) is 59.0 Å². The summed E-state index contributed by atoms with van der Waals surface area (Å²) in [6, 6.07) is 11.3. The first-order valence-electron chi connectivity index (χ1n) is 6.92. The number of hydrogen-bond donors (Lipinski definition) is 2. The smallest absolute Gasteiger partial charge is 0.120 e. The van der Waals surface area contributed by atoms with E-state index in [4.69, 9.17) is 20.8 Å². The average Bonchev–Trinajstić information content (AvgIpc) is 3.01. The number of hydrogen-bond acceptors (Lipinski definition) is 4. The van der Waals surface area contributed by atoms with Gasteiger partial charge in [0.15, 0.2) is 0 Å². The summed E-state index contributed by atoms with van der Waals surface area (Å²) >= 11 is 5.81. The number of furan rings is 1. The van der Waals surface area contributed by atoms with Crippen LogP contribution in [0.1, 0.15) is 24.3 Å². The number of aliphatic hydroxyl groups is 1. The molecule has 0 aliphatic heterocycles. The van der Waals surface area contributed by atoms with Gasteiger partial charge in [-0.05, 0) is 36.8 Å². The molecule has 5 heteroatoms. The predicted molar refractivity (Wildman–Crippen MR) is 82.2 cm³/mol. The molecule has 0 spiro atoms. The highest BCUT2D eigenvalue weighted by atomic mass is 35.5. The van der Waals surface area contributed by atoms with Crippen LogP contribution in [0.3, 0.4) is 0 Å². The Morgan fingerprint density at radius 3 is 2.71 bits per heavy atom. The van der Waals surface area contributed by atoms with Gasteiger partial charge in [-0.2, -0.15) is 0 Å². The van der Waals surface area contributed by atoms with Crippen LogP contribution in [0.25, 0.3) is 0 Å². The number of benzene rings is 1. The molecule has 0 aliphatic rings. The van der Waals surface area contributed by atoms with Gasteiger partial charge in [0, 0.05) is 11.6 Å². The molecule has 2 atom stereocenters. The van der Waals surface area contributed by atoms with E-state index in [1.165, 1.54) is 0 Å². The molecule has 0 amide bonds. The fraction of sp³-hybridized carbons (Fsp3) is 0.375. The van der Waals surface area contributed by atoms with Gasteiger partial charge in [-0.15, -0.1) is 0 Å². The van der Waals surface area contributed by atoms with E-state index in [2.05, 4.69) is 5.32 Å². The molecule has 0 fully saturated rings. The lowest BCUT2D eigenvalue weighted by Gasteiger charge is -2.15. The van der Waals surface area contributed by atoms with E-state index in [1.54, 1.807) is 6.26 Å². The van der Waals surface area contributed by atoms with Crippen molar-refractivity contribution in [2.45, 2.75) is 25.7 Å². The largest absolute Gasteiger partial charge is 0.468 e. The van der Waals surface area contributed by atoms with Crippen LogP contribution in [0.5, 0.6) is 0 Å². The van der Waals surface area contributed by atoms with E-state index in [1.807, 2.05) is 43.3 Å². The van der Waals surface area contributed by atoms with Gasteiger partial charge >= 0.3 is 0 Å². The van der Waals surface area contributed by atoms with E-state index in [-0.39, 0.29) is 12.6 Å². The maximum atomic E-state index is 9.88. The Balaban J connectivity index is 1.63. The molecule has 0 saturated carbocycles. The molecular formula is C16H20ClNO3. The summed E-state index contributed by atoms with van der Waals surface area (Å²) in [5.74, 6) is 0.851. The second-order valence-corrected chi connectivity index (χ2v) is 5.38. The van der Waals surface area contributed by atoms with Gasteiger partial charge in [-0.1, -0.05) is 23.7 Å². The average molecular weight is 310 g/mol. The van der Waals surface area contributed by atoms with Crippen molar-refractivity contribution in [3.8, 4) is 0 Å². The molecule has 2 N–H and O–H groups in total. The van der Waals surface area contributed by atoms with Gasteiger partial charge in [0.25, 0.3) is 0 Å². The van der Waals surface area contributed by atoms with E-state index < -0.39 is 6.10 Å². The Hall–Kier alpha value is -1.33. The summed E-state index contributed by atoms with van der Waals surface area (Å²) in [5.41, 5.74) is 1.03. The van der Waals surface area contributed by atoms with Crippen molar-refractivity contribution in [3.63, 3.8) is 0 Å². The van der Waals surface area contributed by atoms with Crippen LogP contribution in [0, 0.1) is 0 Å². The molecule has 1 unspecified atom stereocenters. The molecule has 1 aromatic heterocycles. The second-order valence-electron chi connectivity index (χ2n) is 4.94. The molecule has 1 heterocycles. The molecule has 0 aliphatic carbocycles. The van der Waals surface area contributed by atoms with Crippen LogP contribution in [-0.2, 0) is 11.3 Å². The first-order valence-corrected chi connectivity index (χ1v) is 7.30. The van der Waals surface area contributed by atoms with Crippen molar-refractivity contribution in [1.29, 1.82) is 0 Å². The third kappa shape index (κ3) is 5.52. The summed E-state index contributed by atoms with van der Waals surface area (Å²) in [6.45, 7) is 3.17. The van der Waals surface area contributed by atoms with Gasteiger partial charge in [0.2, 0.25) is 0 Å². The summed E-state index contributed by atoms with van der Waals surface area (Å²) in [4.78, 5) is 0. The molecule has 4 nitrogen and oxygen atoms in total. The van der Waals surface area contributed by atoms with Gasteiger partial charge in [0.05, 0.1) is 31.6 Å². The first kappa shape index (κ1) is 16.0. The zero-order valence-electron chi connectivity index (χ0n) is 12.0. The number of halogens is 1. The Bertz CT molecular complexity index is 513. The molecule has 0 radical (unpaired) electrons. The monoisotopic (exact) mass is 309 g/mol. The number of aliphatic hydroxyl groups excluding tert-OH is 1. The summed E-state index contributed by atoms with van der Waals surface area (Å²) in [6.07, 6.45) is 1.08. The Morgan fingerprint density at radius 2 is 2.05 bits per heavy atom. The van der Waals surface area contributed by atoms with Crippen LogP contribution in [-0.4, -0.2) is 24.4 Å². The minimum absolute atomic E-state index is 0.0610.